The van der Waals surface area contributed by atoms with Crippen LogP contribution in [0.25, 0.3) is 11.4 Å². The summed E-state index contributed by atoms with van der Waals surface area (Å²) < 4.78 is 24.9. The SMILES string of the molecule is CCOc1cccnc1Oc1cncc(-c2ncc(C(=O)N[C@H]3CCC[C@@H](F)C3)cn2)c1. The molecule has 32 heavy (non-hydrogen) atoms. The molecule has 8 nitrogen and oxygen atoms in total. The molecule has 166 valence electrons. The average Bonchev–Trinajstić information content (AvgIpc) is 2.81. The van der Waals surface area contributed by atoms with Gasteiger partial charge >= 0.3 is 0 Å². The van der Waals surface area contributed by atoms with E-state index < -0.39 is 6.17 Å². The minimum atomic E-state index is -0.856. The number of nitrogens with zero attached hydrogens (tertiary/aromatic N) is 4. The monoisotopic (exact) mass is 437 g/mol. The second-order valence-electron chi connectivity index (χ2n) is 7.48. The van der Waals surface area contributed by atoms with Crippen LogP contribution in [0.3, 0.4) is 0 Å². The first-order chi connectivity index (χ1) is 15.6. The van der Waals surface area contributed by atoms with Crippen molar-refractivity contribution in [1.82, 2.24) is 25.3 Å². The van der Waals surface area contributed by atoms with Gasteiger partial charge in [0, 0.05) is 36.4 Å². The Morgan fingerprint density at radius 1 is 1.19 bits per heavy atom. The Morgan fingerprint density at radius 2 is 2.03 bits per heavy atom. The number of halogens is 1. The van der Waals surface area contributed by atoms with Gasteiger partial charge in [0.15, 0.2) is 11.6 Å². The largest absolute Gasteiger partial charge is 0.488 e. The highest BCUT2D eigenvalue weighted by molar-refractivity contribution is 5.93. The maximum atomic E-state index is 13.6. The normalized spacial score (nSPS) is 18.1. The van der Waals surface area contributed by atoms with Crippen LogP contribution in [-0.2, 0) is 0 Å². The Kier molecular flexibility index (Phi) is 6.84. The van der Waals surface area contributed by atoms with Crippen LogP contribution >= 0.6 is 0 Å². The van der Waals surface area contributed by atoms with E-state index in [-0.39, 0.29) is 11.9 Å². The Balaban J connectivity index is 1.45. The first-order valence-corrected chi connectivity index (χ1v) is 10.6. The number of aromatic nitrogens is 4. The fourth-order valence-electron chi connectivity index (χ4n) is 3.55. The predicted molar refractivity (Wildman–Crippen MR) is 115 cm³/mol. The molecule has 0 unspecified atom stereocenters. The van der Waals surface area contributed by atoms with Gasteiger partial charge in [0.25, 0.3) is 11.8 Å². The minimum absolute atomic E-state index is 0.155. The molecule has 4 rings (SSSR count). The topological polar surface area (TPSA) is 99.1 Å². The number of pyridine rings is 2. The smallest absolute Gasteiger partial charge is 0.262 e. The van der Waals surface area contributed by atoms with Crippen molar-refractivity contribution >= 4 is 5.91 Å². The molecule has 1 saturated carbocycles. The van der Waals surface area contributed by atoms with Gasteiger partial charge in [-0.1, -0.05) is 0 Å². The highest BCUT2D eigenvalue weighted by Gasteiger charge is 2.23. The number of carbonyl (C=O) groups excluding carboxylic acids is 1. The Bertz CT molecular complexity index is 1060. The molecule has 1 aliphatic rings. The van der Waals surface area contributed by atoms with Crippen molar-refractivity contribution in [2.45, 2.75) is 44.8 Å². The summed E-state index contributed by atoms with van der Waals surface area (Å²) in [5.41, 5.74) is 0.945. The van der Waals surface area contributed by atoms with Crippen LogP contribution in [0.15, 0.2) is 49.2 Å². The summed E-state index contributed by atoms with van der Waals surface area (Å²) in [6.45, 7) is 2.37. The summed E-state index contributed by atoms with van der Waals surface area (Å²) >= 11 is 0. The third-order valence-corrected chi connectivity index (χ3v) is 5.08. The number of carbonyl (C=O) groups is 1. The van der Waals surface area contributed by atoms with E-state index in [9.17, 15) is 9.18 Å². The van der Waals surface area contributed by atoms with E-state index in [2.05, 4.69) is 25.3 Å². The highest BCUT2D eigenvalue weighted by Crippen LogP contribution is 2.30. The van der Waals surface area contributed by atoms with Crippen LogP contribution < -0.4 is 14.8 Å². The average molecular weight is 437 g/mol. The van der Waals surface area contributed by atoms with E-state index >= 15 is 0 Å². The summed E-state index contributed by atoms with van der Waals surface area (Å²) in [7, 11) is 0. The molecular formula is C23H24FN5O3. The van der Waals surface area contributed by atoms with Crippen LogP contribution in [0.2, 0.25) is 0 Å². The number of nitrogens with one attached hydrogen (secondary N) is 1. The third kappa shape index (κ3) is 5.35. The summed E-state index contributed by atoms with van der Waals surface area (Å²) in [6, 6.07) is 5.12. The van der Waals surface area contributed by atoms with E-state index in [4.69, 9.17) is 9.47 Å². The molecule has 0 bridgehead atoms. The summed E-state index contributed by atoms with van der Waals surface area (Å²) in [5.74, 6) is 1.41. The first-order valence-electron chi connectivity index (χ1n) is 10.6. The molecule has 1 amide bonds. The number of rotatable bonds is 7. The number of ether oxygens (including phenoxy) is 2. The first kappa shape index (κ1) is 21.6. The number of hydrogen-bond acceptors (Lipinski definition) is 7. The van der Waals surface area contributed by atoms with Crippen molar-refractivity contribution in [3.63, 3.8) is 0 Å². The van der Waals surface area contributed by atoms with Crippen LogP contribution in [0.5, 0.6) is 17.4 Å². The zero-order chi connectivity index (χ0) is 22.3. The summed E-state index contributed by atoms with van der Waals surface area (Å²) in [5, 5.41) is 2.87. The molecule has 1 N–H and O–H groups in total. The van der Waals surface area contributed by atoms with E-state index in [1.165, 1.54) is 12.4 Å². The van der Waals surface area contributed by atoms with Crippen molar-refractivity contribution in [3.05, 3.63) is 54.7 Å². The molecular weight excluding hydrogens is 413 g/mol. The van der Waals surface area contributed by atoms with Gasteiger partial charge in [-0.15, -0.1) is 0 Å². The third-order valence-electron chi connectivity index (χ3n) is 5.08. The van der Waals surface area contributed by atoms with Gasteiger partial charge in [0.05, 0.1) is 18.4 Å². The number of amides is 1. The summed E-state index contributed by atoms with van der Waals surface area (Å²) in [4.78, 5) is 29.4. The molecule has 0 aliphatic heterocycles. The van der Waals surface area contributed by atoms with Gasteiger partial charge in [0.1, 0.15) is 11.9 Å². The second kappa shape index (κ2) is 10.1. The van der Waals surface area contributed by atoms with Crippen molar-refractivity contribution in [1.29, 1.82) is 0 Å². The number of hydrogen-bond donors (Lipinski definition) is 1. The van der Waals surface area contributed by atoms with Gasteiger partial charge in [-0.3, -0.25) is 9.78 Å². The van der Waals surface area contributed by atoms with Crippen molar-refractivity contribution < 1.29 is 18.7 Å². The Morgan fingerprint density at radius 3 is 2.81 bits per heavy atom. The predicted octanol–water partition coefficient (Wildman–Crippen LogP) is 4.14. The van der Waals surface area contributed by atoms with Gasteiger partial charge in [-0.05, 0) is 50.8 Å². The fourth-order valence-corrected chi connectivity index (χ4v) is 3.55. The standard InChI is InChI=1S/C23H24FN5O3/c1-2-31-20-7-4-8-26-23(20)32-19-9-15(11-25-14-19)21-27-12-16(13-28-21)22(30)29-18-6-3-5-17(24)10-18/h4,7-9,11-14,17-18H,2-3,5-6,10H2,1H3,(H,29,30)/t17-,18+/m1/s1. The van der Waals surface area contributed by atoms with Crippen molar-refractivity contribution in [2.24, 2.45) is 0 Å². The fraction of sp³-hybridized carbons (Fsp3) is 0.348. The molecule has 0 aromatic carbocycles. The molecule has 0 saturated heterocycles. The lowest BCUT2D eigenvalue weighted by Crippen LogP contribution is -2.39. The maximum absolute atomic E-state index is 13.6. The zero-order valence-corrected chi connectivity index (χ0v) is 17.7. The lowest BCUT2D eigenvalue weighted by Gasteiger charge is -2.25. The molecule has 1 aliphatic carbocycles. The lowest BCUT2D eigenvalue weighted by atomic mass is 9.94. The van der Waals surface area contributed by atoms with Gasteiger partial charge in [-0.25, -0.2) is 19.3 Å². The molecule has 0 radical (unpaired) electrons. The zero-order valence-electron chi connectivity index (χ0n) is 17.7. The van der Waals surface area contributed by atoms with Crippen molar-refractivity contribution in [3.8, 4) is 28.8 Å². The van der Waals surface area contributed by atoms with Gasteiger partial charge < -0.3 is 14.8 Å². The van der Waals surface area contributed by atoms with Gasteiger partial charge in [-0.2, -0.15) is 0 Å². The van der Waals surface area contributed by atoms with E-state index in [1.807, 2.05) is 6.92 Å². The van der Waals surface area contributed by atoms with Crippen molar-refractivity contribution in [2.75, 3.05) is 6.61 Å². The lowest BCUT2D eigenvalue weighted by molar-refractivity contribution is 0.0912. The molecule has 1 fully saturated rings. The molecule has 9 heteroatoms. The van der Waals surface area contributed by atoms with Crippen LogP contribution in [0.4, 0.5) is 4.39 Å². The van der Waals surface area contributed by atoms with Crippen LogP contribution in [0.1, 0.15) is 43.0 Å². The molecule has 3 aromatic rings. The quantitative estimate of drug-likeness (QED) is 0.593. The second-order valence-corrected chi connectivity index (χ2v) is 7.48. The van der Waals surface area contributed by atoms with Crippen LogP contribution in [-0.4, -0.2) is 44.7 Å². The Labute approximate surface area is 185 Å². The summed E-state index contributed by atoms with van der Waals surface area (Å²) in [6.07, 6.45) is 9.29. The molecule has 0 spiro atoms. The number of alkyl halides is 1. The molecule has 3 heterocycles. The van der Waals surface area contributed by atoms with Crippen LogP contribution in [0, 0.1) is 0 Å². The Hall–Kier alpha value is -3.62. The maximum Gasteiger partial charge on any atom is 0.262 e. The van der Waals surface area contributed by atoms with E-state index in [1.54, 1.807) is 36.8 Å². The van der Waals surface area contributed by atoms with Gasteiger partial charge in [0.2, 0.25) is 0 Å². The van der Waals surface area contributed by atoms with E-state index in [0.717, 1.165) is 12.8 Å². The molecule has 2 atom stereocenters. The minimum Gasteiger partial charge on any atom is -0.488 e. The van der Waals surface area contributed by atoms with E-state index in [0.29, 0.717) is 53.8 Å². The highest BCUT2D eigenvalue weighted by atomic mass is 19.1. The molecule has 3 aromatic heterocycles.